The Morgan fingerprint density at radius 2 is 1.77 bits per heavy atom. The van der Waals surface area contributed by atoms with Crippen LogP contribution in [0.15, 0.2) is 24.3 Å². The Hall–Kier alpha value is -0.752. The predicted molar refractivity (Wildman–Crippen MR) is 52.4 cm³/mol. The number of para-hydroxylation sites is 1. The van der Waals surface area contributed by atoms with Crippen molar-refractivity contribution in [3.63, 3.8) is 0 Å². The zero-order valence-electron chi connectivity index (χ0n) is 7.23. The molecule has 0 spiro atoms. The van der Waals surface area contributed by atoms with Crippen molar-refractivity contribution in [2.24, 2.45) is 0 Å². The third kappa shape index (κ3) is 3.64. The predicted octanol–water partition coefficient (Wildman–Crippen LogP) is 0.925. The monoisotopic (exact) mass is 238 g/mol. The molecule has 0 atom stereocenters. The fourth-order valence-electron chi connectivity index (χ4n) is 0.785. The fraction of sp³-hybridized carbons (Fsp3) is 0.300. The molecule has 0 aliphatic heterocycles. The van der Waals surface area contributed by atoms with Gasteiger partial charge >= 0.3 is 56.3 Å². The molecule has 2 radical (unpaired) electrons. The van der Waals surface area contributed by atoms with Gasteiger partial charge in [-0.3, -0.25) is 4.79 Å². The van der Waals surface area contributed by atoms with E-state index in [0.29, 0.717) is 11.5 Å². The van der Waals surface area contributed by atoms with Crippen LogP contribution < -0.4 is 4.35 Å². The minimum atomic E-state index is 0.340. The van der Waals surface area contributed by atoms with Gasteiger partial charge in [0.05, 0.1) is 0 Å². The Morgan fingerprint density at radius 1 is 1.23 bits per heavy atom. The van der Waals surface area contributed by atoms with Gasteiger partial charge in [0.25, 0.3) is 0 Å². The van der Waals surface area contributed by atoms with Gasteiger partial charge in [-0.25, -0.2) is 0 Å². The van der Waals surface area contributed by atoms with Crippen LogP contribution in [-0.2, 0) is 4.79 Å². The van der Waals surface area contributed by atoms with Gasteiger partial charge in [-0.15, -0.1) is 0 Å². The fourth-order valence-corrected chi connectivity index (χ4v) is 1.12. The summed E-state index contributed by atoms with van der Waals surface area (Å²) >= 11 is 2.30. The molecule has 0 unspecified atom stereocenters. The van der Waals surface area contributed by atoms with Crippen molar-refractivity contribution >= 4 is 27.0 Å². The second kappa shape index (κ2) is 5.08. The number of carbonyl (C=O) groups excluding carboxylic acids is 1. The van der Waals surface area contributed by atoms with Crippen LogP contribution in [-0.4, -0.2) is 27.7 Å². The second-order valence-corrected chi connectivity index (χ2v) is 3.89. The van der Waals surface area contributed by atoms with Crippen LogP contribution in [0.4, 0.5) is 0 Å². The zero-order chi connectivity index (χ0) is 9.68. The molecule has 2 rings (SSSR count). The molecule has 2 nitrogen and oxygen atoms in total. The number of hydrogen-bond acceptors (Lipinski definition) is 2. The van der Waals surface area contributed by atoms with Crippen LogP contribution in [0.3, 0.4) is 0 Å². The minimum absolute atomic E-state index is 0.340. The molecule has 1 N–H and O–H groups in total. The third-order valence-electron chi connectivity index (χ3n) is 1.79. The van der Waals surface area contributed by atoms with Gasteiger partial charge in [0.15, 0.2) is 0 Å². The van der Waals surface area contributed by atoms with Crippen molar-refractivity contribution in [1.82, 2.24) is 0 Å². The van der Waals surface area contributed by atoms with Crippen molar-refractivity contribution < 1.29 is 9.90 Å². The summed E-state index contributed by atoms with van der Waals surface area (Å²) < 4.78 is 0.861. The van der Waals surface area contributed by atoms with Crippen LogP contribution in [0.2, 0.25) is 0 Å². The van der Waals surface area contributed by atoms with E-state index in [-0.39, 0.29) is 0 Å². The molecule has 1 aliphatic rings. The molecule has 0 bridgehead atoms. The normalized spacial score (nSPS) is 14.1. The number of phenolic OH excluding ortho intramolecular Hbond substituents is 1. The Balaban J connectivity index is 0.000000145. The van der Waals surface area contributed by atoms with Crippen molar-refractivity contribution in [2.75, 3.05) is 0 Å². The van der Waals surface area contributed by atoms with E-state index in [0.717, 1.165) is 23.6 Å². The number of ketones is 1. The van der Waals surface area contributed by atoms with Crippen LogP contribution >= 0.6 is 0 Å². The molecule has 1 aromatic rings. The summed E-state index contributed by atoms with van der Waals surface area (Å²) in [6.07, 6.45) is 2.83. The van der Waals surface area contributed by atoms with Crippen molar-refractivity contribution in [1.29, 1.82) is 0 Å². The molecule has 3 heteroatoms. The van der Waals surface area contributed by atoms with Gasteiger partial charge in [0.2, 0.25) is 0 Å². The average molecular weight is 238 g/mol. The van der Waals surface area contributed by atoms with Crippen molar-refractivity contribution in [3.05, 3.63) is 24.3 Å². The van der Waals surface area contributed by atoms with Crippen LogP contribution in [0.1, 0.15) is 19.3 Å². The number of aromatic hydroxyl groups is 1. The molecular weight excluding hydrogens is 227 g/mol. The summed E-state index contributed by atoms with van der Waals surface area (Å²) in [7, 11) is 0. The zero-order valence-corrected chi connectivity index (χ0v) is 9.11. The van der Waals surface area contributed by atoms with E-state index in [1.165, 1.54) is 0 Å². The van der Waals surface area contributed by atoms with Gasteiger partial charge < -0.3 is 0 Å². The van der Waals surface area contributed by atoms with Crippen LogP contribution in [0, 0.1) is 0 Å². The number of carbonyl (C=O) groups is 1. The average Bonchev–Trinajstić information content (AvgIpc) is 2.08. The molecule has 1 saturated carbocycles. The molecule has 0 aromatic heterocycles. The molecule has 68 valence electrons. The summed E-state index contributed by atoms with van der Waals surface area (Å²) in [5.41, 5.74) is 0. The molecule has 13 heavy (non-hydrogen) atoms. The Kier molecular flexibility index (Phi) is 4.04. The number of rotatable bonds is 0. The van der Waals surface area contributed by atoms with Gasteiger partial charge in [-0.05, 0) is 6.42 Å². The molecule has 0 heterocycles. The molecule has 1 fully saturated rings. The SMILES string of the molecule is O=C1CCC1.Oc1ccccc1[As]. The van der Waals surface area contributed by atoms with E-state index < -0.39 is 0 Å². The Labute approximate surface area is 86.5 Å². The van der Waals surface area contributed by atoms with E-state index in [1.54, 1.807) is 12.1 Å². The summed E-state index contributed by atoms with van der Waals surface area (Å²) in [5.74, 6) is 0.775. The molecular formula is C10H11AsO2. The Bertz CT molecular complexity index is 270. The quantitative estimate of drug-likeness (QED) is 0.682. The first-order chi connectivity index (χ1) is 6.20. The number of benzene rings is 1. The van der Waals surface area contributed by atoms with Crippen molar-refractivity contribution in [3.8, 4) is 5.75 Å². The van der Waals surface area contributed by atoms with E-state index in [4.69, 9.17) is 5.11 Å². The third-order valence-corrected chi connectivity index (χ3v) is 2.59. The van der Waals surface area contributed by atoms with Crippen molar-refractivity contribution in [2.45, 2.75) is 19.3 Å². The van der Waals surface area contributed by atoms with E-state index >= 15 is 0 Å². The second-order valence-electron chi connectivity index (χ2n) is 2.88. The number of phenols is 1. The number of Topliss-reactive ketones (excluding diaryl/α,β-unsaturated/α-hetero) is 1. The van der Waals surface area contributed by atoms with Gasteiger partial charge in [0.1, 0.15) is 5.78 Å². The van der Waals surface area contributed by atoms with Gasteiger partial charge in [-0.2, -0.15) is 0 Å². The molecule has 0 saturated heterocycles. The van der Waals surface area contributed by atoms with E-state index in [9.17, 15) is 4.79 Å². The Morgan fingerprint density at radius 3 is 2.00 bits per heavy atom. The van der Waals surface area contributed by atoms with Crippen LogP contribution in [0.5, 0.6) is 5.75 Å². The summed E-state index contributed by atoms with van der Waals surface area (Å²) in [5, 5.41) is 8.90. The summed E-state index contributed by atoms with van der Waals surface area (Å²) in [6.45, 7) is 0. The molecule has 1 aliphatic carbocycles. The summed E-state index contributed by atoms with van der Waals surface area (Å²) in [4.78, 5) is 9.90. The topological polar surface area (TPSA) is 37.3 Å². The first-order valence-electron chi connectivity index (χ1n) is 4.19. The van der Waals surface area contributed by atoms with Crippen LogP contribution in [0.25, 0.3) is 0 Å². The maximum absolute atomic E-state index is 9.90. The van der Waals surface area contributed by atoms with E-state index in [1.807, 2.05) is 12.1 Å². The standard InChI is InChI=1S/C6H5AsO.C4H6O/c7-5-3-1-2-4-6(5)8;5-4-2-1-3-4/h1-4,8H;1-3H2. The van der Waals surface area contributed by atoms with Gasteiger partial charge in [0, 0.05) is 12.8 Å². The van der Waals surface area contributed by atoms with Gasteiger partial charge in [-0.1, -0.05) is 0 Å². The molecule has 0 amide bonds. The maximum atomic E-state index is 9.90. The van der Waals surface area contributed by atoms with E-state index in [2.05, 4.69) is 16.9 Å². The first-order valence-corrected chi connectivity index (χ1v) is 5.12. The molecule has 1 aromatic carbocycles. The summed E-state index contributed by atoms with van der Waals surface area (Å²) in [6, 6.07) is 7.18. The number of hydrogen-bond donors (Lipinski definition) is 1. The first kappa shape index (κ1) is 10.3.